The van der Waals surface area contributed by atoms with E-state index < -0.39 is 23.2 Å². The largest absolute Gasteiger partial charge is 0.422 e. The Hall–Kier alpha value is -3.39. The summed E-state index contributed by atoms with van der Waals surface area (Å²) in [6.45, 7) is 0. The summed E-state index contributed by atoms with van der Waals surface area (Å²) in [6.07, 6.45) is 0. The minimum Gasteiger partial charge on any atom is -0.422 e. The minimum absolute atomic E-state index is 0.0146. The van der Waals surface area contributed by atoms with Crippen molar-refractivity contribution in [2.75, 3.05) is 0 Å². The number of rotatable bonds is 3. The van der Waals surface area contributed by atoms with Gasteiger partial charge in [-0.1, -0.05) is 34.1 Å². The fraction of sp³-hybridized carbons (Fsp3) is 0. The number of nitrogens with one attached hydrogen (secondary N) is 1. The third kappa shape index (κ3) is 3.66. The molecule has 0 unspecified atom stereocenters. The molecule has 0 bridgehead atoms. The molecule has 3 aromatic carbocycles. The second-order valence-electron chi connectivity index (χ2n) is 6.06. The fourth-order valence-corrected chi connectivity index (χ4v) is 3.20. The fourth-order valence-electron chi connectivity index (χ4n) is 2.83. The summed E-state index contributed by atoms with van der Waals surface area (Å²) in [5.41, 5.74) is -0.458. The number of halogens is 3. The first-order valence-corrected chi connectivity index (χ1v) is 9.18. The van der Waals surface area contributed by atoms with Gasteiger partial charge in [0.15, 0.2) is 0 Å². The smallest absolute Gasteiger partial charge is 0.349 e. The highest BCUT2D eigenvalue weighted by atomic mass is 79.9. The van der Waals surface area contributed by atoms with Crippen molar-refractivity contribution in [2.24, 2.45) is 0 Å². The number of esters is 1. The first-order chi connectivity index (χ1) is 13.9. The van der Waals surface area contributed by atoms with Gasteiger partial charge in [0.25, 0.3) is 5.56 Å². The van der Waals surface area contributed by atoms with Crippen LogP contribution in [0.1, 0.15) is 10.4 Å². The van der Waals surface area contributed by atoms with Crippen LogP contribution in [0.2, 0.25) is 0 Å². The lowest BCUT2D eigenvalue weighted by Gasteiger charge is -2.11. The molecule has 0 spiro atoms. The number of nitrogens with zero attached hydrogens (tertiary/aromatic N) is 1. The third-order valence-corrected chi connectivity index (χ3v) is 4.67. The van der Waals surface area contributed by atoms with E-state index in [1.54, 1.807) is 36.4 Å². The zero-order chi connectivity index (χ0) is 20.5. The van der Waals surface area contributed by atoms with Crippen molar-refractivity contribution >= 4 is 32.8 Å². The number of hydrogen-bond donors (Lipinski definition) is 1. The molecule has 1 heterocycles. The predicted octanol–water partition coefficient (Wildman–Crippen LogP) is 4.85. The maximum atomic E-state index is 13.9. The number of carbonyl (C=O) groups is 1. The van der Waals surface area contributed by atoms with Crippen molar-refractivity contribution in [2.45, 2.75) is 0 Å². The number of ether oxygens (including phenoxy) is 1. The van der Waals surface area contributed by atoms with Crippen LogP contribution in [-0.2, 0) is 0 Å². The number of fused-ring (bicyclic) bond motifs is 1. The van der Waals surface area contributed by atoms with E-state index in [1.165, 1.54) is 6.07 Å². The highest BCUT2D eigenvalue weighted by Gasteiger charge is 2.21. The number of aromatic nitrogens is 2. The van der Waals surface area contributed by atoms with Crippen LogP contribution in [-0.4, -0.2) is 15.9 Å². The molecule has 0 radical (unpaired) electrons. The highest BCUT2D eigenvalue weighted by molar-refractivity contribution is 9.10. The van der Waals surface area contributed by atoms with Gasteiger partial charge in [-0.2, -0.15) is 0 Å². The average Bonchev–Trinajstić information content (AvgIpc) is 2.69. The highest BCUT2D eigenvalue weighted by Crippen LogP contribution is 2.32. The zero-order valence-corrected chi connectivity index (χ0v) is 16.2. The molecule has 0 amide bonds. The van der Waals surface area contributed by atoms with Gasteiger partial charge in [-0.3, -0.25) is 4.79 Å². The van der Waals surface area contributed by atoms with E-state index >= 15 is 0 Å². The number of para-hydroxylation sites is 1. The maximum Gasteiger partial charge on any atom is 0.349 e. The quantitative estimate of drug-likeness (QED) is 0.353. The van der Waals surface area contributed by atoms with Crippen LogP contribution in [0, 0.1) is 11.6 Å². The molecule has 1 aromatic heterocycles. The molecule has 0 saturated heterocycles. The zero-order valence-electron chi connectivity index (χ0n) is 14.6. The van der Waals surface area contributed by atoms with Gasteiger partial charge in [0.1, 0.15) is 28.8 Å². The molecule has 5 nitrogen and oxygen atoms in total. The van der Waals surface area contributed by atoms with Crippen LogP contribution >= 0.6 is 15.9 Å². The van der Waals surface area contributed by atoms with Crippen LogP contribution < -0.4 is 10.3 Å². The number of hydrogen-bond acceptors (Lipinski definition) is 4. The Kier molecular flexibility index (Phi) is 4.94. The molecule has 0 aliphatic carbocycles. The Bertz CT molecular complexity index is 1300. The summed E-state index contributed by atoms with van der Waals surface area (Å²) in [5.74, 6) is -3.14. The summed E-state index contributed by atoms with van der Waals surface area (Å²) in [6, 6.07) is 14.4. The van der Waals surface area contributed by atoms with E-state index in [4.69, 9.17) is 4.74 Å². The van der Waals surface area contributed by atoms with Crippen molar-refractivity contribution < 1.29 is 18.3 Å². The molecule has 144 valence electrons. The van der Waals surface area contributed by atoms with E-state index in [0.717, 1.165) is 18.2 Å². The van der Waals surface area contributed by atoms with Gasteiger partial charge in [0.05, 0.1) is 16.5 Å². The van der Waals surface area contributed by atoms with Crippen molar-refractivity contribution in [1.29, 1.82) is 0 Å². The van der Waals surface area contributed by atoms with Gasteiger partial charge < -0.3 is 9.72 Å². The van der Waals surface area contributed by atoms with Gasteiger partial charge in [-0.05, 0) is 42.5 Å². The number of H-pyrrole nitrogens is 1. The lowest BCUT2D eigenvalue weighted by atomic mass is 10.1. The number of carbonyl (C=O) groups excluding carboxylic acids is 1. The summed E-state index contributed by atoms with van der Waals surface area (Å²) in [7, 11) is 0. The van der Waals surface area contributed by atoms with E-state index in [9.17, 15) is 18.4 Å². The van der Waals surface area contributed by atoms with E-state index in [2.05, 4.69) is 25.9 Å². The van der Waals surface area contributed by atoms with E-state index in [1.807, 2.05) is 0 Å². The van der Waals surface area contributed by atoms with Gasteiger partial charge >= 0.3 is 5.97 Å². The van der Waals surface area contributed by atoms with Gasteiger partial charge in [-0.25, -0.2) is 18.6 Å². The van der Waals surface area contributed by atoms with Crippen LogP contribution in [0.5, 0.6) is 5.75 Å². The lowest BCUT2D eigenvalue weighted by molar-refractivity contribution is 0.0725. The number of aromatic amines is 1. The summed E-state index contributed by atoms with van der Waals surface area (Å²) in [5, 5.41) is 0.401. The van der Waals surface area contributed by atoms with Crippen LogP contribution in [0.15, 0.2) is 69.9 Å². The summed E-state index contributed by atoms with van der Waals surface area (Å²) < 4.78 is 33.7. The Morgan fingerprint density at radius 3 is 2.48 bits per heavy atom. The first kappa shape index (κ1) is 18.9. The monoisotopic (exact) mass is 456 g/mol. The Balaban J connectivity index is 1.82. The second-order valence-corrected chi connectivity index (χ2v) is 6.97. The summed E-state index contributed by atoms with van der Waals surface area (Å²) >= 11 is 3.32. The predicted molar refractivity (Wildman–Crippen MR) is 107 cm³/mol. The Labute approximate surface area is 171 Å². The van der Waals surface area contributed by atoms with Gasteiger partial charge in [0, 0.05) is 4.47 Å². The molecule has 0 aliphatic heterocycles. The first-order valence-electron chi connectivity index (χ1n) is 8.39. The van der Waals surface area contributed by atoms with Crippen LogP contribution in [0.25, 0.3) is 22.3 Å². The topological polar surface area (TPSA) is 72.0 Å². The normalized spacial score (nSPS) is 10.9. The molecule has 0 fully saturated rings. The van der Waals surface area contributed by atoms with Crippen molar-refractivity contribution in [3.05, 3.63) is 92.7 Å². The minimum atomic E-state index is -1.20. The second kappa shape index (κ2) is 7.56. The van der Waals surface area contributed by atoms with E-state index in [0.29, 0.717) is 15.4 Å². The average molecular weight is 457 g/mol. The molecule has 0 saturated carbocycles. The number of benzene rings is 3. The molecule has 4 rings (SSSR count). The third-order valence-electron chi connectivity index (χ3n) is 4.18. The Morgan fingerprint density at radius 1 is 1.00 bits per heavy atom. The van der Waals surface area contributed by atoms with Crippen molar-refractivity contribution in [3.63, 3.8) is 0 Å². The van der Waals surface area contributed by atoms with E-state index in [-0.39, 0.29) is 22.7 Å². The Morgan fingerprint density at radius 2 is 1.72 bits per heavy atom. The summed E-state index contributed by atoms with van der Waals surface area (Å²) in [4.78, 5) is 31.8. The molecule has 1 N–H and O–H groups in total. The molecule has 8 heteroatoms. The molecule has 4 aromatic rings. The van der Waals surface area contributed by atoms with Crippen molar-refractivity contribution in [3.8, 4) is 17.1 Å². The molecular formula is C21H11BrF2N2O3. The van der Waals surface area contributed by atoms with Gasteiger partial charge in [0.2, 0.25) is 0 Å². The van der Waals surface area contributed by atoms with Crippen molar-refractivity contribution in [1.82, 2.24) is 9.97 Å². The molecular weight excluding hydrogens is 446 g/mol. The molecule has 0 aliphatic rings. The lowest BCUT2D eigenvalue weighted by Crippen LogP contribution is -2.14. The maximum absolute atomic E-state index is 13.9. The molecule has 29 heavy (non-hydrogen) atoms. The SMILES string of the molecule is O=C(Oc1ccc(Br)cc1-c1nc2ccccc2c(=O)[nH]1)c1c(F)cccc1F. The van der Waals surface area contributed by atoms with Crippen LogP contribution in [0.4, 0.5) is 8.78 Å². The molecule has 0 atom stereocenters. The van der Waals surface area contributed by atoms with Crippen LogP contribution in [0.3, 0.4) is 0 Å². The standard InChI is InChI=1S/C21H11BrF2N2O3/c22-11-8-9-17(29-21(28)18-14(23)5-3-6-15(18)24)13(10-11)19-25-16-7-2-1-4-12(16)20(27)26-19/h1-10H,(H,25,26,27). The van der Waals surface area contributed by atoms with Gasteiger partial charge in [-0.15, -0.1) is 0 Å².